The van der Waals surface area contributed by atoms with Gasteiger partial charge >= 0.3 is 0 Å². The highest BCUT2D eigenvalue weighted by atomic mass is 17.5. The molecular formula is C8H14NO7-. The molecule has 1 rings (SSSR count). The normalized spacial score (nSPS) is 34.8. The third kappa shape index (κ3) is 3.11. The van der Waals surface area contributed by atoms with E-state index < -0.39 is 31.0 Å². The van der Waals surface area contributed by atoms with Gasteiger partial charge in [0.15, 0.2) is 0 Å². The third-order valence-electron chi connectivity index (χ3n) is 2.32. The maximum absolute atomic E-state index is 10.8. The van der Waals surface area contributed by atoms with Crippen molar-refractivity contribution in [3.8, 4) is 0 Å². The summed E-state index contributed by atoms with van der Waals surface area (Å²) in [7, 11) is 0. The zero-order chi connectivity index (χ0) is 12.1. The van der Waals surface area contributed by atoms with Crippen LogP contribution in [0.25, 0.3) is 0 Å². The Labute approximate surface area is 91.6 Å². The van der Waals surface area contributed by atoms with E-state index in [-0.39, 0.29) is 12.5 Å². The van der Waals surface area contributed by atoms with E-state index >= 15 is 0 Å². The fourth-order valence-corrected chi connectivity index (χ4v) is 1.58. The SMILES string of the molecule is CC(=O)NC1COC(CO)[C@H](OO[O-])[C@H]1O. The number of hydrogen-bond donors (Lipinski definition) is 3. The van der Waals surface area contributed by atoms with Gasteiger partial charge in [0.1, 0.15) is 18.3 Å². The molecule has 0 aromatic heterocycles. The van der Waals surface area contributed by atoms with E-state index in [1.807, 2.05) is 0 Å². The van der Waals surface area contributed by atoms with Gasteiger partial charge in [0.2, 0.25) is 5.91 Å². The van der Waals surface area contributed by atoms with Crippen LogP contribution in [0.3, 0.4) is 0 Å². The van der Waals surface area contributed by atoms with Gasteiger partial charge in [0.25, 0.3) is 0 Å². The van der Waals surface area contributed by atoms with E-state index in [2.05, 4.69) is 15.2 Å². The topological polar surface area (TPSA) is 120 Å². The molecule has 0 radical (unpaired) electrons. The lowest BCUT2D eigenvalue weighted by Gasteiger charge is -2.38. The lowest BCUT2D eigenvalue weighted by atomic mass is 9.98. The van der Waals surface area contributed by atoms with Crippen molar-refractivity contribution in [1.82, 2.24) is 5.32 Å². The first-order chi connectivity index (χ1) is 7.60. The van der Waals surface area contributed by atoms with E-state index in [9.17, 15) is 15.2 Å². The number of aliphatic hydroxyl groups is 2. The van der Waals surface area contributed by atoms with Gasteiger partial charge in [-0.15, -0.1) is 0 Å². The van der Waals surface area contributed by atoms with Crippen LogP contribution >= 0.6 is 0 Å². The van der Waals surface area contributed by atoms with E-state index in [1.165, 1.54) is 6.92 Å². The van der Waals surface area contributed by atoms with Gasteiger partial charge in [0, 0.05) is 6.92 Å². The quantitative estimate of drug-likeness (QED) is 0.348. The summed E-state index contributed by atoms with van der Waals surface area (Å²) < 4.78 is 5.11. The van der Waals surface area contributed by atoms with Gasteiger partial charge in [-0.1, -0.05) is 0 Å². The molecule has 1 aliphatic rings. The Morgan fingerprint density at radius 3 is 2.88 bits per heavy atom. The Bertz CT molecular complexity index is 236. The predicted octanol–water partition coefficient (Wildman–Crippen LogP) is -3.16. The Morgan fingerprint density at radius 1 is 1.69 bits per heavy atom. The molecule has 0 saturated carbocycles. The van der Waals surface area contributed by atoms with Gasteiger partial charge in [-0.3, -0.25) is 9.83 Å². The van der Waals surface area contributed by atoms with Crippen LogP contribution in [-0.2, 0) is 19.5 Å². The molecule has 2 unspecified atom stereocenters. The summed E-state index contributed by atoms with van der Waals surface area (Å²) >= 11 is 0. The van der Waals surface area contributed by atoms with Crippen LogP contribution < -0.4 is 10.6 Å². The Balaban J connectivity index is 2.63. The molecule has 3 N–H and O–H groups in total. The molecule has 1 saturated heterocycles. The van der Waals surface area contributed by atoms with Gasteiger partial charge in [-0.2, -0.15) is 0 Å². The van der Waals surface area contributed by atoms with Gasteiger partial charge < -0.3 is 25.5 Å². The Kier molecular flexibility index (Phi) is 5.06. The molecule has 1 aliphatic heterocycles. The maximum atomic E-state index is 10.8. The van der Waals surface area contributed by atoms with Crippen molar-refractivity contribution in [1.29, 1.82) is 0 Å². The number of carbonyl (C=O) groups is 1. The zero-order valence-corrected chi connectivity index (χ0v) is 8.66. The lowest BCUT2D eigenvalue weighted by Crippen LogP contribution is -2.60. The molecule has 4 atom stereocenters. The summed E-state index contributed by atoms with van der Waals surface area (Å²) in [5, 5.41) is 34.2. The number of nitrogens with one attached hydrogen (secondary N) is 1. The Hall–Kier alpha value is -0.770. The molecule has 0 aromatic rings. The second-order valence-corrected chi connectivity index (χ2v) is 3.48. The van der Waals surface area contributed by atoms with Crippen molar-refractivity contribution in [3.05, 3.63) is 0 Å². The largest absolute Gasteiger partial charge is 0.692 e. The molecule has 16 heavy (non-hydrogen) atoms. The van der Waals surface area contributed by atoms with Crippen LogP contribution in [0.4, 0.5) is 0 Å². The van der Waals surface area contributed by atoms with Crippen molar-refractivity contribution in [3.63, 3.8) is 0 Å². The number of hydrogen-bond acceptors (Lipinski definition) is 7. The highest BCUT2D eigenvalue weighted by Gasteiger charge is 2.41. The van der Waals surface area contributed by atoms with Gasteiger partial charge in [0.05, 0.1) is 19.3 Å². The molecular weight excluding hydrogens is 222 g/mol. The molecule has 0 aliphatic carbocycles. The van der Waals surface area contributed by atoms with Crippen LogP contribution in [-0.4, -0.2) is 53.7 Å². The monoisotopic (exact) mass is 236 g/mol. The molecule has 1 heterocycles. The summed E-state index contributed by atoms with van der Waals surface area (Å²) in [5.41, 5.74) is 0. The highest BCUT2D eigenvalue weighted by molar-refractivity contribution is 5.73. The summed E-state index contributed by atoms with van der Waals surface area (Å²) in [6.45, 7) is 0.868. The fraction of sp³-hybridized carbons (Fsp3) is 0.875. The first kappa shape index (κ1) is 13.3. The second-order valence-electron chi connectivity index (χ2n) is 3.48. The fourth-order valence-electron chi connectivity index (χ4n) is 1.58. The van der Waals surface area contributed by atoms with Crippen LogP contribution in [0.1, 0.15) is 6.92 Å². The minimum Gasteiger partial charge on any atom is -0.692 e. The molecule has 0 bridgehead atoms. The van der Waals surface area contributed by atoms with Crippen LogP contribution in [0.5, 0.6) is 0 Å². The Morgan fingerprint density at radius 2 is 2.38 bits per heavy atom. The predicted molar refractivity (Wildman–Crippen MR) is 46.4 cm³/mol. The first-order valence-corrected chi connectivity index (χ1v) is 4.73. The maximum Gasteiger partial charge on any atom is 0.217 e. The minimum atomic E-state index is -1.19. The second kappa shape index (κ2) is 6.09. The number of carbonyl (C=O) groups excluding carboxylic acids is 1. The molecule has 8 heteroatoms. The van der Waals surface area contributed by atoms with Crippen LogP contribution in [0.2, 0.25) is 0 Å². The molecule has 1 fully saturated rings. The average Bonchev–Trinajstić information content (AvgIpc) is 2.24. The standard InChI is InChI=1S/C8H15NO7/c1-4(11)9-5-3-14-6(2-10)8(7(5)12)15-16-13/h5-8,10,12-13H,2-3H2,1H3,(H,9,11)/p-1/t5?,6?,7-,8-/m0/s1. The molecule has 0 spiro atoms. The summed E-state index contributed by atoms with van der Waals surface area (Å²) in [5.74, 6) is -0.350. The summed E-state index contributed by atoms with van der Waals surface area (Å²) in [6.07, 6.45) is -3.20. The highest BCUT2D eigenvalue weighted by Crippen LogP contribution is 2.18. The zero-order valence-electron chi connectivity index (χ0n) is 8.66. The molecule has 0 aromatic carbocycles. The minimum absolute atomic E-state index is 0.0185. The molecule has 1 amide bonds. The number of aliphatic hydroxyl groups excluding tert-OH is 2. The van der Waals surface area contributed by atoms with Crippen molar-refractivity contribution < 1.29 is 34.9 Å². The number of rotatable bonds is 4. The summed E-state index contributed by atoms with van der Waals surface area (Å²) in [4.78, 5) is 15.1. The third-order valence-corrected chi connectivity index (χ3v) is 2.32. The number of ether oxygens (including phenoxy) is 1. The van der Waals surface area contributed by atoms with Crippen LogP contribution in [0.15, 0.2) is 0 Å². The van der Waals surface area contributed by atoms with E-state index in [0.29, 0.717) is 0 Å². The van der Waals surface area contributed by atoms with Crippen molar-refractivity contribution in [2.75, 3.05) is 13.2 Å². The van der Waals surface area contributed by atoms with E-state index in [4.69, 9.17) is 9.84 Å². The average molecular weight is 236 g/mol. The van der Waals surface area contributed by atoms with Gasteiger partial charge in [-0.25, -0.2) is 4.89 Å². The number of amides is 1. The van der Waals surface area contributed by atoms with E-state index in [0.717, 1.165) is 0 Å². The molecule has 94 valence electrons. The van der Waals surface area contributed by atoms with E-state index in [1.54, 1.807) is 0 Å². The van der Waals surface area contributed by atoms with Crippen molar-refractivity contribution >= 4 is 5.91 Å². The van der Waals surface area contributed by atoms with Gasteiger partial charge in [-0.05, 0) is 0 Å². The first-order valence-electron chi connectivity index (χ1n) is 4.73. The lowest BCUT2D eigenvalue weighted by molar-refractivity contribution is -0.807. The van der Waals surface area contributed by atoms with Crippen molar-refractivity contribution in [2.24, 2.45) is 0 Å². The van der Waals surface area contributed by atoms with Crippen LogP contribution in [0, 0.1) is 0 Å². The molecule has 8 nitrogen and oxygen atoms in total. The summed E-state index contributed by atoms with van der Waals surface area (Å²) in [6, 6.07) is -0.708. The van der Waals surface area contributed by atoms with Crippen molar-refractivity contribution in [2.45, 2.75) is 31.3 Å². The smallest absolute Gasteiger partial charge is 0.217 e.